The van der Waals surface area contributed by atoms with Gasteiger partial charge >= 0.3 is 0 Å². The molecule has 0 fully saturated rings. The van der Waals surface area contributed by atoms with Crippen LogP contribution in [0.2, 0.25) is 0 Å². The Morgan fingerprint density at radius 1 is 1.00 bits per heavy atom. The van der Waals surface area contributed by atoms with E-state index in [9.17, 15) is 0 Å². The molecular formula is C14H13N3. The maximum Gasteiger partial charge on any atom is 0.0638 e. The molecule has 3 heteroatoms. The predicted molar refractivity (Wildman–Crippen MR) is 67.5 cm³/mol. The number of aromatic nitrogens is 1. The highest BCUT2D eigenvalue weighted by Crippen LogP contribution is 2.01. The first-order valence-corrected chi connectivity index (χ1v) is 5.61. The van der Waals surface area contributed by atoms with Crippen LogP contribution in [0.25, 0.3) is 12.4 Å². The first kappa shape index (κ1) is 9.90. The summed E-state index contributed by atoms with van der Waals surface area (Å²) >= 11 is 0. The molecule has 3 rings (SSSR count). The first-order valence-electron chi connectivity index (χ1n) is 5.61. The summed E-state index contributed by atoms with van der Waals surface area (Å²) in [6.07, 6.45) is 7.78. The van der Waals surface area contributed by atoms with Gasteiger partial charge in [-0.05, 0) is 17.7 Å². The fraction of sp³-hybridized carbons (Fsp3) is 0.0714. The third kappa shape index (κ3) is 2.13. The molecule has 1 N–H and O–H groups in total. The van der Waals surface area contributed by atoms with Crippen LogP contribution in [0.1, 0.15) is 5.56 Å². The second-order valence-corrected chi connectivity index (χ2v) is 4.01. The summed E-state index contributed by atoms with van der Waals surface area (Å²) in [7, 11) is 0. The number of hydrogen-bond donors (Lipinski definition) is 1. The van der Waals surface area contributed by atoms with Crippen molar-refractivity contribution in [1.29, 1.82) is 0 Å². The quantitative estimate of drug-likeness (QED) is 0.807. The average molecular weight is 223 g/mol. The summed E-state index contributed by atoms with van der Waals surface area (Å²) < 4.78 is 0. The maximum atomic E-state index is 4.02. The van der Waals surface area contributed by atoms with E-state index in [1.807, 2.05) is 36.8 Å². The number of nitrogens with zero attached hydrogens (tertiary/aromatic N) is 2. The highest BCUT2D eigenvalue weighted by molar-refractivity contribution is 5.35. The van der Waals surface area contributed by atoms with Gasteiger partial charge in [-0.3, -0.25) is 9.99 Å². The molecular weight excluding hydrogens is 210 g/mol. The standard InChI is InChI=1S/C14H13N3/c1-2-4-14-11-17(16-9-13(14)3-1)10-12-5-7-15-8-6-12/h1-9,11,16H,10H2. The minimum Gasteiger partial charge on any atom is -0.305 e. The van der Waals surface area contributed by atoms with E-state index in [0.29, 0.717) is 0 Å². The van der Waals surface area contributed by atoms with Gasteiger partial charge in [-0.15, -0.1) is 0 Å². The van der Waals surface area contributed by atoms with Gasteiger partial charge in [0.25, 0.3) is 0 Å². The van der Waals surface area contributed by atoms with Crippen LogP contribution in [-0.2, 0) is 6.54 Å². The topological polar surface area (TPSA) is 28.2 Å². The smallest absolute Gasteiger partial charge is 0.0638 e. The lowest BCUT2D eigenvalue weighted by atomic mass is 10.2. The van der Waals surface area contributed by atoms with Gasteiger partial charge in [-0.25, -0.2) is 0 Å². The Labute approximate surface area is 99.7 Å². The van der Waals surface area contributed by atoms with E-state index in [1.165, 1.54) is 16.0 Å². The van der Waals surface area contributed by atoms with Crippen molar-refractivity contribution in [2.45, 2.75) is 6.54 Å². The molecule has 0 radical (unpaired) electrons. The van der Waals surface area contributed by atoms with E-state index in [1.54, 1.807) is 0 Å². The van der Waals surface area contributed by atoms with Gasteiger partial charge in [-0.2, -0.15) is 0 Å². The molecule has 0 spiro atoms. The molecule has 84 valence electrons. The Kier molecular flexibility index (Phi) is 2.50. The lowest BCUT2D eigenvalue weighted by molar-refractivity contribution is 0.353. The molecule has 1 aromatic heterocycles. The fourth-order valence-corrected chi connectivity index (χ4v) is 1.89. The number of fused-ring (bicyclic) bond motifs is 1. The summed E-state index contributed by atoms with van der Waals surface area (Å²) in [6.45, 7) is 0.827. The Morgan fingerprint density at radius 2 is 1.76 bits per heavy atom. The zero-order chi connectivity index (χ0) is 11.5. The molecule has 1 aliphatic rings. The van der Waals surface area contributed by atoms with Crippen LogP contribution in [0.4, 0.5) is 0 Å². The second-order valence-electron chi connectivity index (χ2n) is 4.01. The van der Waals surface area contributed by atoms with E-state index in [4.69, 9.17) is 0 Å². The maximum absolute atomic E-state index is 4.02. The van der Waals surface area contributed by atoms with Gasteiger partial charge in [0.05, 0.1) is 6.54 Å². The van der Waals surface area contributed by atoms with Crippen molar-refractivity contribution in [3.63, 3.8) is 0 Å². The number of hydrazine groups is 1. The van der Waals surface area contributed by atoms with Gasteiger partial charge in [0.15, 0.2) is 0 Å². The van der Waals surface area contributed by atoms with Crippen molar-refractivity contribution < 1.29 is 0 Å². The zero-order valence-corrected chi connectivity index (χ0v) is 9.38. The highest BCUT2D eigenvalue weighted by atomic mass is 15.5. The minimum atomic E-state index is 0.827. The van der Waals surface area contributed by atoms with Crippen LogP contribution in [0.3, 0.4) is 0 Å². The number of pyridine rings is 1. The molecule has 0 aliphatic carbocycles. The summed E-state index contributed by atoms with van der Waals surface area (Å²) in [4.78, 5) is 4.02. The Bertz CT molecular complexity index is 619. The molecule has 0 unspecified atom stereocenters. The summed E-state index contributed by atoms with van der Waals surface area (Å²) in [5, 5.41) is 4.52. The highest BCUT2D eigenvalue weighted by Gasteiger charge is 2.02. The fourth-order valence-electron chi connectivity index (χ4n) is 1.89. The monoisotopic (exact) mass is 223 g/mol. The number of benzene rings is 1. The molecule has 0 bridgehead atoms. The predicted octanol–water partition coefficient (Wildman–Crippen LogP) is 0.578. The largest absolute Gasteiger partial charge is 0.305 e. The van der Waals surface area contributed by atoms with Crippen LogP contribution < -0.4 is 15.9 Å². The van der Waals surface area contributed by atoms with Crippen LogP contribution >= 0.6 is 0 Å². The summed E-state index contributed by atoms with van der Waals surface area (Å²) in [5.41, 5.74) is 4.49. The average Bonchev–Trinajstić information content (AvgIpc) is 2.40. The van der Waals surface area contributed by atoms with Gasteiger partial charge in [-0.1, -0.05) is 24.3 Å². The molecule has 17 heavy (non-hydrogen) atoms. The number of hydrogen-bond acceptors (Lipinski definition) is 3. The van der Waals surface area contributed by atoms with E-state index < -0.39 is 0 Å². The second kappa shape index (κ2) is 4.29. The molecule has 3 nitrogen and oxygen atoms in total. The molecule has 1 aromatic carbocycles. The lowest BCUT2D eigenvalue weighted by Gasteiger charge is -2.22. The molecule has 1 aliphatic heterocycles. The first-order chi connectivity index (χ1) is 8.42. The molecule has 0 atom stereocenters. The van der Waals surface area contributed by atoms with Crippen molar-refractivity contribution >= 4 is 12.4 Å². The van der Waals surface area contributed by atoms with Gasteiger partial charge in [0.2, 0.25) is 0 Å². The van der Waals surface area contributed by atoms with E-state index in [-0.39, 0.29) is 0 Å². The van der Waals surface area contributed by atoms with Crippen molar-refractivity contribution in [3.8, 4) is 0 Å². The lowest BCUT2D eigenvalue weighted by Crippen LogP contribution is -2.41. The van der Waals surface area contributed by atoms with Crippen molar-refractivity contribution in [3.05, 3.63) is 64.8 Å². The number of nitrogens with one attached hydrogen (secondary N) is 1. The van der Waals surface area contributed by atoms with E-state index in [0.717, 1.165) is 6.54 Å². The molecule has 2 aromatic rings. The zero-order valence-electron chi connectivity index (χ0n) is 9.38. The van der Waals surface area contributed by atoms with Gasteiger partial charge in [0, 0.05) is 35.2 Å². The third-order valence-corrected chi connectivity index (χ3v) is 2.78. The summed E-state index contributed by atoms with van der Waals surface area (Å²) in [5.74, 6) is 0. The molecule has 0 saturated heterocycles. The van der Waals surface area contributed by atoms with Gasteiger partial charge < -0.3 is 5.43 Å². The number of rotatable bonds is 2. The Balaban J connectivity index is 1.87. The SMILES string of the molecule is C1=c2ccccc2=CN(Cc2ccncc2)N1. The third-order valence-electron chi connectivity index (χ3n) is 2.78. The normalized spacial score (nSPS) is 13.1. The Morgan fingerprint density at radius 3 is 2.59 bits per heavy atom. The van der Waals surface area contributed by atoms with Crippen LogP contribution in [0.15, 0.2) is 48.8 Å². The van der Waals surface area contributed by atoms with E-state index >= 15 is 0 Å². The van der Waals surface area contributed by atoms with Crippen LogP contribution in [0, 0.1) is 0 Å². The van der Waals surface area contributed by atoms with Gasteiger partial charge in [0.1, 0.15) is 0 Å². The Hall–Kier alpha value is -2.29. The van der Waals surface area contributed by atoms with Crippen molar-refractivity contribution in [1.82, 2.24) is 15.4 Å². The van der Waals surface area contributed by atoms with Crippen LogP contribution in [0.5, 0.6) is 0 Å². The molecule has 0 saturated carbocycles. The van der Waals surface area contributed by atoms with Crippen LogP contribution in [-0.4, -0.2) is 9.99 Å². The van der Waals surface area contributed by atoms with Crippen molar-refractivity contribution in [2.75, 3.05) is 0 Å². The molecule has 2 heterocycles. The summed E-state index contributed by atoms with van der Waals surface area (Å²) in [6, 6.07) is 12.4. The van der Waals surface area contributed by atoms with E-state index in [2.05, 4.69) is 39.8 Å². The minimum absolute atomic E-state index is 0.827. The molecule has 0 amide bonds. The van der Waals surface area contributed by atoms with Crippen molar-refractivity contribution in [2.24, 2.45) is 0 Å².